The van der Waals surface area contributed by atoms with Crippen LogP contribution in [0.3, 0.4) is 0 Å². The van der Waals surface area contributed by atoms with Crippen LogP contribution in [0.25, 0.3) is 32.8 Å². The first-order valence-electron chi connectivity index (χ1n) is 10.0. The third kappa shape index (κ3) is 3.88. The van der Waals surface area contributed by atoms with Crippen LogP contribution in [0.5, 0.6) is 0 Å². The summed E-state index contributed by atoms with van der Waals surface area (Å²) in [6, 6.07) is 24.9. The Bertz CT molecular complexity index is 1310. The monoisotopic (exact) mass is 394 g/mol. The van der Waals surface area contributed by atoms with Crippen molar-refractivity contribution in [3.05, 3.63) is 90.8 Å². The van der Waals surface area contributed by atoms with E-state index in [-0.39, 0.29) is 6.04 Å². The Morgan fingerprint density at radius 3 is 2.63 bits per heavy atom. The van der Waals surface area contributed by atoms with Crippen LogP contribution in [0, 0.1) is 0 Å². The molecule has 0 radical (unpaired) electrons. The maximum absolute atomic E-state index is 6.35. The molecule has 5 heteroatoms. The largest absolute Gasteiger partial charge is 0.352 e. The van der Waals surface area contributed by atoms with Gasteiger partial charge in [0.25, 0.3) is 0 Å². The lowest BCUT2D eigenvalue weighted by atomic mass is 10.0. The van der Waals surface area contributed by atoms with Gasteiger partial charge in [-0.1, -0.05) is 59.8 Å². The maximum atomic E-state index is 6.35. The smallest absolute Gasteiger partial charge is 0.225 e. The van der Waals surface area contributed by atoms with Crippen molar-refractivity contribution >= 4 is 27.4 Å². The molecule has 0 unspecified atom stereocenters. The van der Waals surface area contributed by atoms with E-state index in [0.717, 1.165) is 28.5 Å². The molecule has 0 aliphatic carbocycles. The van der Waals surface area contributed by atoms with Crippen LogP contribution in [-0.2, 0) is 6.42 Å². The van der Waals surface area contributed by atoms with Crippen LogP contribution in [-0.4, -0.2) is 22.7 Å². The van der Waals surface area contributed by atoms with E-state index in [4.69, 9.17) is 10.3 Å². The zero-order valence-corrected chi connectivity index (χ0v) is 16.5. The molecule has 0 aliphatic heterocycles. The van der Waals surface area contributed by atoms with Crippen LogP contribution < -0.4 is 11.1 Å². The molecule has 5 nitrogen and oxygen atoms in total. The van der Waals surface area contributed by atoms with Gasteiger partial charge in [-0.2, -0.15) is 0 Å². The molecule has 0 saturated carbocycles. The Kier molecular flexibility index (Phi) is 4.87. The summed E-state index contributed by atoms with van der Waals surface area (Å²) in [6.45, 7) is 0.600. The van der Waals surface area contributed by atoms with Gasteiger partial charge in [0.15, 0.2) is 0 Å². The van der Waals surface area contributed by atoms with Crippen molar-refractivity contribution in [2.45, 2.75) is 12.5 Å². The Balaban J connectivity index is 1.23. The first-order valence-corrected chi connectivity index (χ1v) is 10.0. The summed E-state index contributed by atoms with van der Waals surface area (Å²) in [5, 5.41) is 12.2. The van der Waals surface area contributed by atoms with Crippen LogP contribution in [0.1, 0.15) is 5.56 Å². The lowest BCUT2D eigenvalue weighted by Gasteiger charge is -2.12. The molecule has 148 valence electrons. The van der Waals surface area contributed by atoms with Crippen molar-refractivity contribution in [2.75, 3.05) is 11.9 Å². The maximum Gasteiger partial charge on any atom is 0.225 e. The number of nitrogens with one attached hydrogen (secondary N) is 1. The number of fused-ring (bicyclic) bond motifs is 2. The van der Waals surface area contributed by atoms with E-state index in [0.29, 0.717) is 12.4 Å². The Morgan fingerprint density at radius 2 is 1.70 bits per heavy atom. The molecule has 3 N–H and O–H groups in total. The lowest BCUT2D eigenvalue weighted by Crippen LogP contribution is -2.31. The lowest BCUT2D eigenvalue weighted by molar-refractivity contribution is 0.433. The average Bonchev–Trinajstić information content (AvgIpc) is 3.26. The van der Waals surface area contributed by atoms with E-state index < -0.39 is 0 Å². The molecule has 0 amide bonds. The average molecular weight is 394 g/mol. The molecule has 5 aromatic rings. The summed E-state index contributed by atoms with van der Waals surface area (Å²) in [5.41, 5.74) is 9.35. The van der Waals surface area contributed by atoms with E-state index in [9.17, 15) is 0 Å². The molecule has 0 saturated heterocycles. The third-order valence-corrected chi connectivity index (χ3v) is 5.30. The predicted octanol–water partition coefficient (Wildman–Crippen LogP) is 5.02. The molecule has 0 bridgehead atoms. The molecule has 2 aromatic heterocycles. The van der Waals surface area contributed by atoms with Gasteiger partial charge >= 0.3 is 0 Å². The minimum absolute atomic E-state index is 0.0357. The second-order valence-corrected chi connectivity index (χ2v) is 7.54. The van der Waals surface area contributed by atoms with E-state index in [1.54, 1.807) is 6.20 Å². The van der Waals surface area contributed by atoms with E-state index in [2.05, 4.69) is 70.1 Å². The Labute approximate surface area is 174 Å². The van der Waals surface area contributed by atoms with Gasteiger partial charge in [-0.25, -0.2) is 0 Å². The fraction of sp³-hybridized carbons (Fsp3) is 0.120. The normalized spacial score (nSPS) is 12.3. The van der Waals surface area contributed by atoms with Crippen molar-refractivity contribution in [1.29, 1.82) is 0 Å². The first kappa shape index (κ1) is 18.3. The van der Waals surface area contributed by atoms with Gasteiger partial charge < -0.3 is 15.6 Å². The molecule has 1 atom stereocenters. The van der Waals surface area contributed by atoms with Gasteiger partial charge in [-0.3, -0.25) is 4.98 Å². The molecular weight excluding hydrogens is 372 g/mol. The highest BCUT2D eigenvalue weighted by Gasteiger charge is 2.10. The van der Waals surface area contributed by atoms with Gasteiger partial charge in [-0.15, -0.1) is 0 Å². The number of benzene rings is 3. The van der Waals surface area contributed by atoms with Crippen molar-refractivity contribution in [2.24, 2.45) is 5.73 Å². The topological polar surface area (TPSA) is 77.0 Å². The minimum atomic E-state index is -0.0357. The first-order chi connectivity index (χ1) is 14.7. The van der Waals surface area contributed by atoms with Gasteiger partial charge in [0.05, 0.1) is 0 Å². The highest BCUT2D eigenvalue weighted by molar-refractivity contribution is 5.86. The predicted molar refractivity (Wildman–Crippen MR) is 121 cm³/mol. The standard InChI is InChI=1S/C25H22N4O/c26-23(12-17-5-6-18-3-1-2-4-20(18)11-17)16-28-25-14-24(29-30-25)21-8-7-19-9-10-27-15-22(19)13-21/h1-11,13-15,23,28H,12,16,26H2/t23-/m0/s1. The minimum Gasteiger partial charge on any atom is -0.352 e. The second kappa shape index (κ2) is 7.97. The number of nitrogens with two attached hydrogens (primary N) is 1. The fourth-order valence-corrected chi connectivity index (χ4v) is 3.71. The van der Waals surface area contributed by atoms with Crippen LogP contribution >= 0.6 is 0 Å². The quantitative estimate of drug-likeness (QED) is 0.423. The van der Waals surface area contributed by atoms with Crippen LogP contribution in [0.2, 0.25) is 0 Å². The second-order valence-electron chi connectivity index (χ2n) is 7.54. The summed E-state index contributed by atoms with van der Waals surface area (Å²) in [5.74, 6) is 0.616. The zero-order valence-electron chi connectivity index (χ0n) is 16.5. The summed E-state index contributed by atoms with van der Waals surface area (Å²) >= 11 is 0. The molecule has 5 rings (SSSR count). The summed E-state index contributed by atoms with van der Waals surface area (Å²) in [6.07, 6.45) is 4.43. The number of rotatable bonds is 6. The molecule has 0 aliphatic rings. The Morgan fingerprint density at radius 1 is 0.867 bits per heavy atom. The number of aromatic nitrogens is 2. The Hall–Kier alpha value is -3.70. The number of hydrogen-bond donors (Lipinski definition) is 2. The van der Waals surface area contributed by atoms with Crippen molar-refractivity contribution in [3.8, 4) is 11.3 Å². The van der Waals surface area contributed by atoms with Gasteiger partial charge in [0, 0.05) is 42.0 Å². The number of nitrogens with zero attached hydrogens (tertiary/aromatic N) is 2. The van der Waals surface area contributed by atoms with Crippen molar-refractivity contribution in [3.63, 3.8) is 0 Å². The molecule has 0 fully saturated rings. The van der Waals surface area contributed by atoms with Gasteiger partial charge in [-0.05, 0) is 40.3 Å². The van der Waals surface area contributed by atoms with Crippen molar-refractivity contribution in [1.82, 2.24) is 10.1 Å². The van der Waals surface area contributed by atoms with E-state index in [1.165, 1.54) is 16.3 Å². The number of hydrogen-bond acceptors (Lipinski definition) is 5. The zero-order chi connectivity index (χ0) is 20.3. The molecule has 30 heavy (non-hydrogen) atoms. The molecule has 0 spiro atoms. The van der Waals surface area contributed by atoms with Crippen LogP contribution in [0.15, 0.2) is 89.7 Å². The molecule has 2 heterocycles. The highest BCUT2D eigenvalue weighted by atomic mass is 16.5. The van der Waals surface area contributed by atoms with Crippen molar-refractivity contribution < 1.29 is 4.52 Å². The van der Waals surface area contributed by atoms with E-state index in [1.807, 2.05) is 24.4 Å². The van der Waals surface area contributed by atoms with E-state index >= 15 is 0 Å². The summed E-state index contributed by atoms with van der Waals surface area (Å²) < 4.78 is 5.46. The fourth-order valence-electron chi connectivity index (χ4n) is 3.71. The van der Waals surface area contributed by atoms with Gasteiger partial charge in [0.2, 0.25) is 5.88 Å². The van der Waals surface area contributed by atoms with Crippen LogP contribution in [0.4, 0.5) is 5.88 Å². The molecular formula is C25H22N4O. The van der Waals surface area contributed by atoms with Gasteiger partial charge in [0.1, 0.15) is 5.69 Å². The summed E-state index contributed by atoms with van der Waals surface area (Å²) in [7, 11) is 0. The molecule has 3 aromatic carbocycles. The third-order valence-electron chi connectivity index (χ3n) is 5.30. The number of anilines is 1. The SMILES string of the molecule is N[C@H](CNc1cc(-c2ccc3ccncc3c2)no1)Cc1ccc2ccccc2c1. The number of pyridine rings is 1. The summed E-state index contributed by atoms with van der Waals surface area (Å²) in [4.78, 5) is 4.18. The highest BCUT2D eigenvalue weighted by Crippen LogP contribution is 2.25.